The minimum Gasteiger partial charge on any atom is -0.481 e. The molecule has 0 bridgehead atoms. The van der Waals surface area contributed by atoms with Gasteiger partial charge in [-0.25, -0.2) is 4.79 Å². The Balaban J connectivity index is 1.18. The number of likely N-dealkylation sites (tertiary alicyclic amines) is 1. The van der Waals surface area contributed by atoms with Crippen LogP contribution in [0.25, 0.3) is 11.1 Å². The van der Waals surface area contributed by atoms with Crippen molar-refractivity contribution in [1.29, 1.82) is 0 Å². The molecule has 8 heteroatoms. The van der Waals surface area contributed by atoms with Crippen LogP contribution in [0.3, 0.4) is 0 Å². The Labute approximate surface area is 203 Å². The maximum Gasteiger partial charge on any atom is 0.407 e. The van der Waals surface area contributed by atoms with Crippen molar-refractivity contribution in [2.45, 2.75) is 31.7 Å². The number of nitrogens with one attached hydrogen (secondary N) is 1. The summed E-state index contributed by atoms with van der Waals surface area (Å²) >= 11 is 1.43. The van der Waals surface area contributed by atoms with E-state index in [0.29, 0.717) is 31.7 Å². The molecule has 1 fully saturated rings. The second-order valence-corrected chi connectivity index (χ2v) is 9.71. The van der Waals surface area contributed by atoms with E-state index in [0.717, 1.165) is 0 Å². The number of rotatable bonds is 9. The fourth-order valence-electron chi connectivity index (χ4n) is 5.07. The van der Waals surface area contributed by atoms with Gasteiger partial charge in [-0.2, -0.15) is 11.8 Å². The SMILES string of the molecule is CCC1C(C(=O)O)CCN1C(=O)CSCCNC(=O)OCC1c2ccccc2-c2ccccc21. The number of fused-ring (bicyclic) bond motifs is 3. The zero-order chi connectivity index (χ0) is 24.1. The molecule has 2 unspecified atom stereocenters. The van der Waals surface area contributed by atoms with Gasteiger partial charge in [0, 0.05) is 30.8 Å². The Morgan fingerprint density at radius 3 is 2.35 bits per heavy atom. The van der Waals surface area contributed by atoms with E-state index in [2.05, 4.69) is 29.6 Å². The van der Waals surface area contributed by atoms with Gasteiger partial charge in [0.15, 0.2) is 0 Å². The number of thioether (sulfide) groups is 1. The standard InChI is InChI=1S/C26H30N2O5S/c1-2-23-21(25(30)31)11-13-28(23)24(29)16-34-14-12-27-26(32)33-15-22-19-9-5-3-7-17(19)18-8-4-6-10-20(18)22/h3-10,21-23H,2,11-16H2,1H3,(H,27,32)(H,30,31). The number of carbonyl (C=O) groups is 3. The first kappa shape index (κ1) is 24.1. The zero-order valence-corrected chi connectivity index (χ0v) is 20.1. The van der Waals surface area contributed by atoms with Crippen LogP contribution in [0.1, 0.15) is 36.8 Å². The highest BCUT2D eigenvalue weighted by Gasteiger charge is 2.39. The van der Waals surface area contributed by atoms with Gasteiger partial charge in [0.05, 0.1) is 11.7 Å². The van der Waals surface area contributed by atoms with Crippen LogP contribution in [0.2, 0.25) is 0 Å². The van der Waals surface area contributed by atoms with Crippen LogP contribution in [0.15, 0.2) is 48.5 Å². The molecule has 180 valence electrons. The molecule has 1 aliphatic carbocycles. The molecule has 7 nitrogen and oxygen atoms in total. The van der Waals surface area contributed by atoms with E-state index in [9.17, 15) is 19.5 Å². The lowest BCUT2D eigenvalue weighted by Gasteiger charge is -2.25. The maximum atomic E-state index is 12.5. The first-order chi connectivity index (χ1) is 16.5. The number of nitrogens with zero attached hydrogens (tertiary/aromatic N) is 1. The summed E-state index contributed by atoms with van der Waals surface area (Å²) in [7, 11) is 0. The Morgan fingerprint density at radius 2 is 1.74 bits per heavy atom. The van der Waals surface area contributed by atoms with E-state index in [-0.39, 0.29) is 30.2 Å². The monoisotopic (exact) mass is 482 g/mol. The number of hydrogen-bond acceptors (Lipinski definition) is 5. The molecule has 2 aliphatic rings. The lowest BCUT2D eigenvalue weighted by molar-refractivity contribution is -0.143. The molecule has 1 heterocycles. The number of ether oxygens (including phenoxy) is 1. The van der Waals surface area contributed by atoms with Crippen LogP contribution in [0.5, 0.6) is 0 Å². The van der Waals surface area contributed by atoms with Crippen molar-refractivity contribution in [2.24, 2.45) is 5.92 Å². The van der Waals surface area contributed by atoms with Crippen molar-refractivity contribution in [3.63, 3.8) is 0 Å². The number of carboxylic acids is 1. The molecular weight excluding hydrogens is 452 g/mol. The minimum atomic E-state index is -0.831. The van der Waals surface area contributed by atoms with Gasteiger partial charge in [-0.3, -0.25) is 9.59 Å². The van der Waals surface area contributed by atoms with Crippen molar-refractivity contribution in [3.05, 3.63) is 59.7 Å². The smallest absolute Gasteiger partial charge is 0.407 e. The molecule has 1 saturated heterocycles. The second kappa shape index (κ2) is 11.0. The molecular formula is C26H30N2O5S. The van der Waals surface area contributed by atoms with Gasteiger partial charge in [-0.15, -0.1) is 0 Å². The number of alkyl carbamates (subject to hydrolysis) is 1. The normalized spacial score (nSPS) is 18.9. The molecule has 0 aromatic heterocycles. The van der Waals surface area contributed by atoms with Gasteiger partial charge in [-0.1, -0.05) is 55.5 Å². The molecule has 2 aromatic rings. The highest BCUT2D eigenvalue weighted by atomic mass is 32.2. The Hall–Kier alpha value is -3.00. The number of hydrogen-bond donors (Lipinski definition) is 2. The van der Waals surface area contributed by atoms with Crippen LogP contribution in [0, 0.1) is 5.92 Å². The largest absolute Gasteiger partial charge is 0.481 e. The first-order valence-electron chi connectivity index (χ1n) is 11.7. The average Bonchev–Trinajstić information content (AvgIpc) is 3.42. The third kappa shape index (κ3) is 5.06. The number of carbonyl (C=O) groups excluding carboxylic acids is 2. The van der Waals surface area contributed by atoms with E-state index < -0.39 is 18.0 Å². The van der Waals surface area contributed by atoms with Gasteiger partial charge in [0.25, 0.3) is 0 Å². The summed E-state index contributed by atoms with van der Waals surface area (Å²) < 4.78 is 5.52. The predicted octanol–water partition coefficient (Wildman–Crippen LogP) is 3.97. The fourth-order valence-corrected chi connectivity index (χ4v) is 5.80. The van der Waals surface area contributed by atoms with Crippen LogP contribution < -0.4 is 5.32 Å². The summed E-state index contributed by atoms with van der Waals surface area (Å²) in [4.78, 5) is 37.8. The third-order valence-corrected chi connectivity index (χ3v) is 7.63. The van der Waals surface area contributed by atoms with Gasteiger partial charge in [-0.05, 0) is 35.1 Å². The topological polar surface area (TPSA) is 95.9 Å². The summed E-state index contributed by atoms with van der Waals surface area (Å²) in [6.07, 6.45) is 0.674. The highest BCUT2D eigenvalue weighted by Crippen LogP contribution is 2.44. The Morgan fingerprint density at radius 1 is 1.09 bits per heavy atom. The molecule has 0 saturated carbocycles. The third-order valence-electron chi connectivity index (χ3n) is 6.69. The van der Waals surface area contributed by atoms with Crippen LogP contribution in [-0.2, 0) is 14.3 Å². The van der Waals surface area contributed by atoms with Crippen molar-refractivity contribution in [2.75, 3.05) is 31.2 Å². The highest BCUT2D eigenvalue weighted by molar-refractivity contribution is 7.99. The van der Waals surface area contributed by atoms with Crippen LogP contribution in [0.4, 0.5) is 4.79 Å². The van der Waals surface area contributed by atoms with Crippen molar-refractivity contribution >= 4 is 29.7 Å². The van der Waals surface area contributed by atoms with Gasteiger partial charge in [0.1, 0.15) is 6.61 Å². The molecule has 2 amide bonds. The molecule has 2 N–H and O–H groups in total. The number of benzene rings is 2. The van der Waals surface area contributed by atoms with E-state index in [1.807, 2.05) is 31.2 Å². The fraction of sp³-hybridized carbons (Fsp3) is 0.423. The summed E-state index contributed by atoms with van der Waals surface area (Å²) in [6, 6.07) is 16.2. The molecule has 0 radical (unpaired) electrons. The number of amides is 2. The van der Waals surface area contributed by atoms with Gasteiger partial charge < -0.3 is 20.1 Å². The summed E-state index contributed by atoms with van der Waals surface area (Å²) in [5.41, 5.74) is 4.71. The van der Waals surface area contributed by atoms with E-state index >= 15 is 0 Å². The van der Waals surface area contributed by atoms with Gasteiger partial charge >= 0.3 is 12.1 Å². The van der Waals surface area contributed by atoms with Crippen LogP contribution in [-0.4, -0.2) is 65.2 Å². The summed E-state index contributed by atoms with van der Waals surface area (Å²) in [5, 5.41) is 12.1. The van der Waals surface area contributed by atoms with Crippen LogP contribution >= 0.6 is 11.8 Å². The average molecular weight is 483 g/mol. The summed E-state index contributed by atoms with van der Waals surface area (Å²) in [6.45, 7) is 3.07. The first-order valence-corrected chi connectivity index (χ1v) is 12.9. The quantitative estimate of drug-likeness (QED) is 0.525. The predicted molar refractivity (Wildman–Crippen MR) is 132 cm³/mol. The number of carboxylic acid groups (broad SMARTS) is 1. The Bertz CT molecular complexity index is 1010. The maximum absolute atomic E-state index is 12.5. The van der Waals surface area contributed by atoms with E-state index in [1.165, 1.54) is 34.0 Å². The van der Waals surface area contributed by atoms with Crippen molar-refractivity contribution in [3.8, 4) is 11.1 Å². The molecule has 1 aliphatic heterocycles. The number of aliphatic carboxylic acids is 1. The van der Waals surface area contributed by atoms with E-state index in [4.69, 9.17) is 4.74 Å². The second-order valence-electron chi connectivity index (χ2n) is 8.60. The van der Waals surface area contributed by atoms with Crippen molar-refractivity contribution in [1.82, 2.24) is 10.2 Å². The van der Waals surface area contributed by atoms with Gasteiger partial charge in [0.2, 0.25) is 5.91 Å². The Kier molecular flexibility index (Phi) is 7.77. The molecule has 4 rings (SSSR count). The molecule has 34 heavy (non-hydrogen) atoms. The lowest BCUT2D eigenvalue weighted by Crippen LogP contribution is -2.40. The molecule has 2 aromatic carbocycles. The summed E-state index contributed by atoms with van der Waals surface area (Å²) in [5.74, 6) is -0.484. The minimum absolute atomic E-state index is 0.0201. The molecule has 0 spiro atoms. The molecule has 2 atom stereocenters. The lowest BCUT2D eigenvalue weighted by atomic mass is 9.98. The van der Waals surface area contributed by atoms with Crippen molar-refractivity contribution < 1.29 is 24.2 Å². The van der Waals surface area contributed by atoms with E-state index in [1.54, 1.807) is 4.90 Å². The zero-order valence-electron chi connectivity index (χ0n) is 19.2.